The third-order valence-corrected chi connectivity index (χ3v) is 7.33. The van der Waals surface area contributed by atoms with Gasteiger partial charge in [-0.1, -0.05) is 32.9 Å². The molecule has 5 rings (SSSR count). The first-order valence-electron chi connectivity index (χ1n) is 7.95. The molecule has 2 aliphatic heterocycles. The fraction of sp³-hybridized carbons (Fsp3) is 0.882. The van der Waals surface area contributed by atoms with Gasteiger partial charge < -0.3 is 5.32 Å². The molecule has 3 unspecified atom stereocenters. The SMILES string of the molecule is CC1[C@H]2C=C[C@H]2C1(C)[C@H]1C[C@H]2CCC(C)(CN2)C1. The zero-order valence-corrected chi connectivity index (χ0v) is 12.1. The van der Waals surface area contributed by atoms with Crippen LogP contribution in [0.4, 0.5) is 0 Å². The molecular weight excluding hydrogens is 218 g/mol. The molecule has 0 amide bonds. The molecule has 1 heteroatoms. The molecule has 18 heavy (non-hydrogen) atoms. The van der Waals surface area contributed by atoms with Gasteiger partial charge in [0.25, 0.3) is 0 Å². The topological polar surface area (TPSA) is 12.0 Å². The Morgan fingerprint density at radius 1 is 1.22 bits per heavy atom. The van der Waals surface area contributed by atoms with Crippen molar-refractivity contribution in [2.45, 2.75) is 52.5 Å². The average molecular weight is 245 g/mol. The quantitative estimate of drug-likeness (QED) is 0.696. The molecule has 0 radical (unpaired) electrons. The van der Waals surface area contributed by atoms with E-state index in [0.29, 0.717) is 10.8 Å². The maximum absolute atomic E-state index is 3.81. The first-order valence-corrected chi connectivity index (χ1v) is 7.95. The van der Waals surface area contributed by atoms with Crippen LogP contribution in [0.1, 0.15) is 46.5 Å². The average Bonchev–Trinajstić information content (AvgIpc) is 2.56. The Kier molecular flexibility index (Phi) is 2.19. The smallest absolute Gasteiger partial charge is 0.00703 e. The first-order chi connectivity index (χ1) is 8.53. The number of piperidine rings is 1. The molecule has 1 N–H and O–H groups in total. The zero-order chi connectivity index (χ0) is 12.5. The first kappa shape index (κ1) is 11.5. The van der Waals surface area contributed by atoms with E-state index in [1.807, 2.05) is 0 Å². The van der Waals surface area contributed by atoms with Gasteiger partial charge in [0.15, 0.2) is 0 Å². The lowest BCUT2D eigenvalue weighted by molar-refractivity contribution is -0.121. The van der Waals surface area contributed by atoms with Crippen LogP contribution in [0.5, 0.6) is 0 Å². The zero-order valence-electron chi connectivity index (χ0n) is 12.1. The largest absolute Gasteiger partial charge is 0.313 e. The van der Waals surface area contributed by atoms with E-state index in [1.165, 1.54) is 32.2 Å². The molecule has 100 valence electrons. The highest BCUT2D eigenvalue weighted by Crippen LogP contribution is 2.67. The van der Waals surface area contributed by atoms with Gasteiger partial charge in [-0.25, -0.2) is 0 Å². The minimum atomic E-state index is 0.582. The maximum atomic E-state index is 3.81. The van der Waals surface area contributed by atoms with Gasteiger partial charge in [-0.05, 0) is 60.2 Å². The second-order valence-corrected chi connectivity index (χ2v) is 8.21. The summed E-state index contributed by atoms with van der Waals surface area (Å²) in [7, 11) is 0. The Balaban J connectivity index is 1.63. The second-order valence-electron chi connectivity index (χ2n) is 8.21. The van der Waals surface area contributed by atoms with E-state index >= 15 is 0 Å². The molecule has 4 fully saturated rings. The third kappa shape index (κ3) is 1.27. The second kappa shape index (κ2) is 3.42. The van der Waals surface area contributed by atoms with E-state index in [0.717, 1.165) is 29.7 Å². The van der Waals surface area contributed by atoms with Crippen LogP contribution >= 0.6 is 0 Å². The summed E-state index contributed by atoms with van der Waals surface area (Å²) in [6.45, 7) is 8.90. The van der Waals surface area contributed by atoms with Crippen LogP contribution in [0.15, 0.2) is 12.2 Å². The van der Waals surface area contributed by atoms with Gasteiger partial charge in [0.2, 0.25) is 0 Å². The van der Waals surface area contributed by atoms with E-state index in [1.54, 1.807) is 0 Å². The van der Waals surface area contributed by atoms with Gasteiger partial charge in [0, 0.05) is 12.6 Å². The Bertz CT molecular complexity index is 390. The maximum Gasteiger partial charge on any atom is 0.00703 e. The minimum Gasteiger partial charge on any atom is -0.313 e. The Morgan fingerprint density at radius 2 is 2.06 bits per heavy atom. The van der Waals surface area contributed by atoms with Crippen molar-refractivity contribution in [3.05, 3.63) is 12.2 Å². The molecule has 2 saturated carbocycles. The van der Waals surface area contributed by atoms with Gasteiger partial charge in [-0.2, -0.15) is 0 Å². The van der Waals surface area contributed by atoms with E-state index < -0.39 is 0 Å². The predicted octanol–water partition coefficient (Wildman–Crippen LogP) is 3.61. The monoisotopic (exact) mass is 245 g/mol. The predicted molar refractivity (Wildman–Crippen MR) is 75.2 cm³/mol. The summed E-state index contributed by atoms with van der Waals surface area (Å²) in [5.74, 6) is 3.71. The lowest BCUT2D eigenvalue weighted by atomic mass is 9.39. The summed E-state index contributed by atoms with van der Waals surface area (Å²) in [6, 6.07) is 0.817. The molecule has 2 saturated heterocycles. The Hall–Kier alpha value is -0.300. The molecule has 1 nitrogen and oxygen atoms in total. The fourth-order valence-corrected chi connectivity index (χ4v) is 5.67. The molecule has 0 aromatic heterocycles. The molecule has 0 aromatic rings. The van der Waals surface area contributed by atoms with Crippen LogP contribution < -0.4 is 5.32 Å². The van der Waals surface area contributed by atoms with E-state index in [2.05, 4.69) is 38.2 Å². The number of hydrogen-bond acceptors (Lipinski definition) is 1. The normalized spacial score (nSPS) is 61.6. The number of allylic oxidation sites excluding steroid dienone is 2. The van der Waals surface area contributed by atoms with Gasteiger partial charge in [-0.15, -0.1) is 0 Å². The van der Waals surface area contributed by atoms with Crippen molar-refractivity contribution in [3.63, 3.8) is 0 Å². The van der Waals surface area contributed by atoms with Gasteiger partial charge in [0.05, 0.1) is 0 Å². The van der Waals surface area contributed by atoms with E-state index in [4.69, 9.17) is 0 Å². The van der Waals surface area contributed by atoms with Gasteiger partial charge in [-0.3, -0.25) is 0 Å². The van der Waals surface area contributed by atoms with Crippen molar-refractivity contribution in [1.29, 1.82) is 0 Å². The molecule has 0 aromatic carbocycles. The van der Waals surface area contributed by atoms with E-state index in [9.17, 15) is 0 Å². The van der Waals surface area contributed by atoms with Crippen LogP contribution in [0, 0.1) is 34.5 Å². The highest BCUT2D eigenvalue weighted by Gasteiger charge is 2.62. The minimum absolute atomic E-state index is 0.582. The summed E-state index contributed by atoms with van der Waals surface area (Å²) >= 11 is 0. The lowest BCUT2D eigenvalue weighted by Gasteiger charge is -2.65. The highest BCUT2D eigenvalue weighted by molar-refractivity contribution is 5.26. The summed E-state index contributed by atoms with van der Waals surface area (Å²) < 4.78 is 0. The molecule has 2 bridgehead atoms. The van der Waals surface area contributed by atoms with Crippen LogP contribution in [0.3, 0.4) is 0 Å². The van der Waals surface area contributed by atoms with Crippen molar-refractivity contribution in [1.82, 2.24) is 5.32 Å². The molecule has 7 atom stereocenters. The molecule has 5 aliphatic rings. The van der Waals surface area contributed by atoms with Crippen molar-refractivity contribution >= 4 is 0 Å². The van der Waals surface area contributed by atoms with Crippen LogP contribution in [0.25, 0.3) is 0 Å². The standard InChI is InChI=1S/C17H27N/c1-11-14-4-5-15(14)17(11,3)12-8-13-6-7-16(2,9-12)10-18-13/h4-5,11-15,18H,6-10H2,1-3H3/t11?,12-,13+,14+,15+,16?,17?/m0/s1. The van der Waals surface area contributed by atoms with Crippen LogP contribution in [-0.2, 0) is 0 Å². The van der Waals surface area contributed by atoms with Crippen LogP contribution in [0.2, 0.25) is 0 Å². The Morgan fingerprint density at radius 3 is 2.61 bits per heavy atom. The summed E-state index contributed by atoms with van der Waals surface area (Å²) in [6.07, 6.45) is 10.7. The highest BCUT2D eigenvalue weighted by atomic mass is 15.0. The van der Waals surface area contributed by atoms with Crippen LogP contribution in [-0.4, -0.2) is 12.6 Å². The van der Waals surface area contributed by atoms with Crippen molar-refractivity contribution in [2.24, 2.45) is 34.5 Å². The van der Waals surface area contributed by atoms with Crippen molar-refractivity contribution in [2.75, 3.05) is 6.54 Å². The lowest BCUT2D eigenvalue weighted by Crippen LogP contribution is -2.60. The molecule has 0 spiro atoms. The molecular formula is C17H27N. The van der Waals surface area contributed by atoms with E-state index in [-0.39, 0.29) is 0 Å². The summed E-state index contributed by atoms with van der Waals surface area (Å²) in [5, 5.41) is 3.81. The number of nitrogens with one attached hydrogen (secondary N) is 1. The number of fused-ring (bicyclic) bond motifs is 5. The Labute approximate surface area is 111 Å². The van der Waals surface area contributed by atoms with Gasteiger partial charge in [0.1, 0.15) is 0 Å². The summed E-state index contributed by atoms with van der Waals surface area (Å²) in [4.78, 5) is 0. The number of rotatable bonds is 1. The van der Waals surface area contributed by atoms with Gasteiger partial charge >= 0.3 is 0 Å². The summed E-state index contributed by atoms with van der Waals surface area (Å²) in [5.41, 5.74) is 1.19. The molecule has 2 heterocycles. The van der Waals surface area contributed by atoms with Crippen molar-refractivity contribution < 1.29 is 0 Å². The third-order valence-electron chi connectivity index (χ3n) is 7.33. The number of hydrogen-bond donors (Lipinski definition) is 1. The molecule has 3 aliphatic carbocycles. The van der Waals surface area contributed by atoms with Crippen molar-refractivity contribution in [3.8, 4) is 0 Å². The fourth-order valence-electron chi connectivity index (χ4n) is 5.67.